The van der Waals surface area contributed by atoms with E-state index in [4.69, 9.17) is 4.74 Å². The van der Waals surface area contributed by atoms with Crippen LogP contribution in [0.25, 0.3) is 0 Å². The van der Waals surface area contributed by atoms with Crippen molar-refractivity contribution in [2.24, 2.45) is 0 Å². The van der Waals surface area contributed by atoms with Gasteiger partial charge in [0.25, 0.3) is 0 Å². The van der Waals surface area contributed by atoms with Crippen molar-refractivity contribution in [2.75, 3.05) is 0 Å². The first-order valence-electron chi connectivity index (χ1n) is 7.84. The maximum absolute atomic E-state index is 9.45. The van der Waals surface area contributed by atoms with Crippen LogP contribution < -0.4 is 4.74 Å². The molecule has 1 N–H and O–H groups in total. The number of hydrogen-bond donors (Lipinski definition) is 1. The third-order valence-corrected chi connectivity index (χ3v) is 3.22. The van der Waals surface area contributed by atoms with Gasteiger partial charge >= 0.3 is 0 Å². The van der Waals surface area contributed by atoms with Gasteiger partial charge in [0.2, 0.25) is 0 Å². The van der Waals surface area contributed by atoms with Crippen LogP contribution in [0.4, 0.5) is 0 Å². The lowest BCUT2D eigenvalue weighted by atomic mass is 10.1. The van der Waals surface area contributed by atoms with E-state index in [1.54, 1.807) is 18.2 Å². The fraction of sp³-hybridized carbons (Fsp3) is 0.143. The summed E-state index contributed by atoms with van der Waals surface area (Å²) in [6.07, 6.45) is 2.45. The Bertz CT molecular complexity index is 678. The van der Waals surface area contributed by atoms with Crippen LogP contribution in [0, 0.1) is 0 Å². The van der Waals surface area contributed by atoms with E-state index >= 15 is 0 Å². The van der Waals surface area contributed by atoms with Crippen LogP contribution in [0.5, 0.6) is 17.2 Å². The molecule has 0 spiro atoms. The molecule has 0 heterocycles. The molecule has 118 valence electrons. The van der Waals surface area contributed by atoms with Gasteiger partial charge in [-0.1, -0.05) is 74.0 Å². The second kappa shape index (κ2) is 9.31. The maximum atomic E-state index is 9.45. The molecular formula is C21H22O2. The van der Waals surface area contributed by atoms with Crippen LogP contribution in [0.2, 0.25) is 0 Å². The topological polar surface area (TPSA) is 29.5 Å². The van der Waals surface area contributed by atoms with Gasteiger partial charge in [-0.15, -0.1) is 0 Å². The summed E-state index contributed by atoms with van der Waals surface area (Å²) in [6.45, 7) is 2.20. The molecule has 0 aliphatic rings. The first kappa shape index (κ1) is 16.6. The highest BCUT2D eigenvalue weighted by Crippen LogP contribution is 2.29. The van der Waals surface area contributed by atoms with Crippen LogP contribution in [-0.2, 0) is 6.42 Å². The molecule has 3 rings (SSSR count). The number of para-hydroxylation sites is 3. The molecule has 0 aliphatic heterocycles. The first-order chi connectivity index (χ1) is 11.3. The molecule has 0 saturated heterocycles. The molecule has 0 atom stereocenters. The van der Waals surface area contributed by atoms with Crippen LogP contribution in [0.15, 0.2) is 84.9 Å². The Morgan fingerprint density at radius 3 is 1.91 bits per heavy atom. The Morgan fingerprint density at radius 1 is 0.739 bits per heavy atom. The third kappa shape index (κ3) is 5.87. The minimum Gasteiger partial charge on any atom is -0.504 e. The van der Waals surface area contributed by atoms with E-state index in [0.29, 0.717) is 11.5 Å². The van der Waals surface area contributed by atoms with Crippen molar-refractivity contribution >= 4 is 0 Å². The molecule has 0 saturated carbocycles. The number of phenols is 1. The van der Waals surface area contributed by atoms with E-state index in [-0.39, 0.29) is 5.75 Å². The van der Waals surface area contributed by atoms with Gasteiger partial charge in [0, 0.05) is 0 Å². The zero-order valence-electron chi connectivity index (χ0n) is 13.4. The number of ether oxygens (including phenoxy) is 1. The normalized spacial score (nSPS) is 9.61. The summed E-state index contributed by atoms with van der Waals surface area (Å²) < 4.78 is 5.46. The van der Waals surface area contributed by atoms with Crippen molar-refractivity contribution in [1.82, 2.24) is 0 Å². The highest BCUT2D eigenvalue weighted by Gasteiger charge is 2.00. The van der Waals surface area contributed by atoms with E-state index in [1.165, 1.54) is 18.4 Å². The monoisotopic (exact) mass is 306 g/mol. The van der Waals surface area contributed by atoms with Gasteiger partial charge in [-0.2, -0.15) is 0 Å². The van der Waals surface area contributed by atoms with Gasteiger partial charge in [-0.3, -0.25) is 0 Å². The summed E-state index contributed by atoms with van der Waals surface area (Å²) in [5.41, 5.74) is 1.44. The number of rotatable bonds is 4. The highest BCUT2D eigenvalue weighted by atomic mass is 16.5. The van der Waals surface area contributed by atoms with E-state index < -0.39 is 0 Å². The van der Waals surface area contributed by atoms with Gasteiger partial charge < -0.3 is 9.84 Å². The molecule has 3 aromatic rings. The smallest absolute Gasteiger partial charge is 0.169 e. The molecule has 0 radical (unpaired) electrons. The molecular weight excluding hydrogens is 284 g/mol. The Morgan fingerprint density at radius 2 is 1.30 bits per heavy atom. The molecule has 3 aromatic carbocycles. The molecule has 0 amide bonds. The number of phenolic OH excluding ortho intramolecular Hbond substituents is 1. The predicted octanol–water partition coefficient (Wildman–Crippen LogP) is 5.82. The van der Waals surface area contributed by atoms with E-state index in [0.717, 1.165) is 0 Å². The van der Waals surface area contributed by atoms with Crippen molar-refractivity contribution in [3.63, 3.8) is 0 Å². The average molecular weight is 306 g/mol. The zero-order chi connectivity index (χ0) is 16.3. The third-order valence-electron chi connectivity index (χ3n) is 3.22. The average Bonchev–Trinajstić information content (AvgIpc) is 2.60. The number of hydrogen-bond acceptors (Lipinski definition) is 2. The van der Waals surface area contributed by atoms with Crippen molar-refractivity contribution < 1.29 is 9.84 Å². The summed E-state index contributed by atoms with van der Waals surface area (Å²) in [4.78, 5) is 0. The summed E-state index contributed by atoms with van der Waals surface area (Å²) >= 11 is 0. The maximum Gasteiger partial charge on any atom is 0.169 e. The number of aryl methyl sites for hydroxylation is 1. The molecule has 2 nitrogen and oxygen atoms in total. The number of aromatic hydroxyl groups is 1. The Labute approximate surface area is 138 Å². The van der Waals surface area contributed by atoms with Gasteiger partial charge in [-0.05, 0) is 36.2 Å². The molecule has 0 bridgehead atoms. The summed E-state index contributed by atoms with van der Waals surface area (Å²) in [6, 6.07) is 26.8. The van der Waals surface area contributed by atoms with Crippen LogP contribution in [0.1, 0.15) is 18.9 Å². The van der Waals surface area contributed by atoms with Crippen molar-refractivity contribution in [1.29, 1.82) is 0 Å². The van der Waals surface area contributed by atoms with Crippen molar-refractivity contribution in [3.8, 4) is 17.2 Å². The van der Waals surface area contributed by atoms with E-state index in [2.05, 4.69) is 37.3 Å². The zero-order valence-corrected chi connectivity index (χ0v) is 13.4. The lowest BCUT2D eigenvalue weighted by Gasteiger charge is -2.06. The van der Waals surface area contributed by atoms with Gasteiger partial charge in [0.05, 0.1) is 0 Å². The fourth-order valence-electron chi connectivity index (χ4n) is 2.09. The van der Waals surface area contributed by atoms with E-state index in [9.17, 15) is 5.11 Å². The Kier molecular flexibility index (Phi) is 6.73. The SMILES string of the molecule is CCCc1ccccc1.Oc1ccccc1Oc1ccccc1. The molecule has 0 aliphatic carbocycles. The lowest BCUT2D eigenvalue weighted by Crippen LogP contribution is -1.83. The largest absolute Gasteiger partial charge is 0.504 e. The minimum absolute atomic E-state index is 0.149. The molecule has 0 aromatic heterocycles. The molecule has 0 fully saturated rings. The quantitative estimate of drug-likeness (QED) is 0.657. The van der Waals surface area contributed by atoms with E-state index in [1.807, 2.05) is 36.4 Å². The summed E-state index contributed by atoms with van der Waals surface area (Å²) in [5, 5.41) is 9.45. The first-order valence-corrected chi connectivity index (χ1v) is 7.84. The fourth-order valence-corrected chi connectivity index (χ4v) is 2.09. The summed E-state index contributed by atoms with van der Waals surface area (Å²) in [5.74, 6) is 1.34. The van der Waals surface area contributed by atoms with Crippen LogP contribution >= 0.6 is 0 Å². The molecule has 23 heavy (non-hydrogen) atoms. The van der Waals surface area contributed by atoms with Crippen molar-refractivity contribution in [3.05, 3.63) is 90.5 Å². The van der Waals surface area contributed by atoms with Gasteiger partial charge in [0.15, 0.2) is 11.5 Å². The van der Waals surface area contributed by atoms with Crippen molar-refractivity contribution in [2.45, 2.75) is 19.8 Å². The molecule has 2 heteroatoms. The Hall–Kier alpha value is -2.74. The standard InChI is InChI=1S/C12H10O2.C9H12/c13-11-8-4-5-9-12(11)14-10-6-2-1-3-7-10;1-2-6-9-7-4-3-5-8-9/h1-9,13H;3-5,7-8H,2,6H2,1H3. The second-order valence-corrected chi connectivity index (χ2v) is 5.12. The number of benzene rings is 3. The van der Waals surface area contributed by atoms with Gasteiger partial charge in [0.1, 0.15) is 5.75 Å². The lowest BCUT2D eigenvalue weighted by molar-refractivity contribution is 0.411. The Balaban J connectivity index is 0.000000185. The minimum atomic E-state index is 0.149. The molecule has 0 unspecified atom stereocenters. The summed E-state index contributed by atoms with van der Waals surface area (Å²) in [7, 11) is 0. The highest BCUT2D eigenvalue weighted by molar-refractivity contribution is 5.41. The van der Waals surface area contributed by atoms with Gasteiger partial charge in [-0.25, -0.2) is 0 Å². The predicted molar refractivity (Wildman–Crippen MR) is 95.1 cm³/mol. The van der Waals surface area contributed by atoms with Crippen LogP contribution in [-0.4, -0.2) is 5.11 Å². The second-order valence-electron chi connectivity index (χ2n) is 5.12. The van der Waals surface area contributed by atoms with Crippen LogP contribution in [0.3, 0.4) is 0 Å².